The van der Waals surface area contributed by atoms with Crippen molar-refractivity contribution in [2.45, 2.75) is 31.8 Å². The van der Waals surface area contributed by atoms with Crippen LogP contribution in [0.1, 0.15) is 30.1 Å². The van der Waals surface area contributed by atoms with Crippen LogP contribution in [-0.4, -0.2) is 23.9 Å². The van der Waals surface area contributed by atoms with Crippen LogP contribution in [-0.2, 0) is 4.79 Å². The number of carbonyl (C=O) groups excluding carboxylic acids is 2. The van der Waals surface area contributed by atoms with Gasteiger partial charge in [-0.25, -0.2) is 0 Å². The van der Waals surface area contributed by atoms with Gasteiger partial charge in [0.25, 0.3) is 5.91 Å². The van der Waals surface area contributed by atoms with Gasteiger partial charge in [-0.1, -0.05) is 0 Å². The molecule has 0 saturated heterocycles. The number of hydrogen-bond acceptors (Lipinski definition) is 3. The third-order valence-corrected chi connectivity index (χ3v) is 4.00. The van der Waals surface area contributed by atoms with Gasteiger partial charge in [0.2, 0.25) is 5.91 Å². The van der Waals surface area contributed by atoms with Crippen molar-refractivity contribution in [2.24, 2.45) is 0 Å². The normalized spacial score (nSPS) is 16.4. The number of amides is 2. The van der Waals surface area contributed by atoms with Crippen molar-refractivity contribution < 1.29 is 9.59 Å². The summed E-state index contributed by atoms with van der Waals surface area (Å²) in [6, 6.07) is 1.56. The summed E-state index contributed by atoms with van der Waals surface area (Å²) in [4.78, 5) is 23.4. The number of carbonyl (C=O) groups is 2. The summed E-state index contributed by atoms with van der Waals surface area (Å²) in [5, 5.41) is 7.29. The molecule has 0 bridgehead atoms. The fourth-order valence-corrected chi connectivity index (χ4v) is 2.47. The maximum atomic E-state index is 11.8. The van der Waals surface area contributed by atoms with Crippen LogP contribution in [0.5, 0.6) is 0 Å². The predicted octanol–water partition coefficient (Wildman–Crippen LogP) is 1.91. The van der Waals surface area contributed by atoms with Crippen LogP contribution in [0.4, 0.5) is 0 Å². The lowest BCUT2D eigenvalue weighted by molar-refractivity contribution is -0.122. The molecule has 0 aromatic carbocycles. The molecule has 2 N–H and O–H groups in total. The minimum atomic E-state index is -0.498. The molecule has 1 heterocycles. The van der Waals surface area contributed by atoms with Crippen molar-refractivity contribution in [2.75, 3.05) is 0 Å². The van der Waals surface area contributed by atoms with Crippen molar-refractivity contribution in [1.29, 1.82) is 0 Å². The number of halogens is 1. The van der Waals surface area contributed by atoms with Gasteiger partial charge in [-0.3, -0.25) is 9.59 Å². The quantitative estimate of drug-likeness (QED) is 0.891. The zero-order valence-corrected chi connectivity index (χ0v) is 11.7. The van der Waals surface area contributed by atoms with Gasteiger partial charge in [0.05, 0.1) is 9.35 Å². The van der Waals surface area contributed by atoms with Crippen molar-refractivity contribution in [3.05, 3.63) is 20.8 Å². The number of rotatable bonds is 4. The largest absolute Gasteiger partial charge is 0.352 e. The summed E-state index contributed by atoms with van der Waals surface area (Å²) >= 11 is 4.74. The summed E-state index contributed by atoms with van der Waals surface area (Å²) in [5.74, 6) is -0.333. The van der Waals surface area contributed by atoms with Crippen LogP contribution < -0.4 is 10.6 Å². The molecule has 1 atom stereocenters. The third-order valence-electron chi connectivity index (χ3n) is 2.49. The summed E-state index contributed by atoms with van der Waals surface area (Å²) in [7, 11) is 0. The van der Waals surface area contributed by atoms with Gasteiger partial charge in [-0.05, 0) is 41.8 Å². The Morgan fingerprint density at radius 2 is 2.24 bits per heavy atom. The highest BCUT2D eigenvalue weighted by Gasteiger charge is 2.26. The molecule has 1 aromatic rings. The average molecular weight is 317 g/mol. The Balaban J connectivity index is 1.86. The minimum absolute atomic E-state index is 0.116. The lowest BCUT2D eigenvalue weighted by Crippen LogP contribution is -2.45. The second-order valence-electron chi connectivity index (χ2n) is 4.12. The average Bonchev–Trinajstić information content (AvgIpc) is 2.97. The Bertz CT molecular complexity index is 442. The molecule has 92 valence electrons. The van der Waals surface area contributed by atoms with Gasteiger partial charge in [-0.15, -0.1) is 11.3 Å². The Kier molecular flexibility index (Phi) is 3.83. The monoisotopic (exact) mass is 316 g/mol. The first-order valence-corrected chi connectivity index (χ1v) is 7.09. The minimum Gasteiger partial charge on any atom is -0.352 e. The second-order valence-corrected chi connectivity index (χ2v) is 6.41. The molecule has 0 spiro atoms. The highest BCUT2D eigenvalue weighted by Crippen LogP contribution is 2.21. The summed E-state index contributed by atoms with van der Waals surface area (Å²) in [6.07, 6.45) is 2.09. The zero-order chi connectivity index (χ0) is 12.4. The number of hydrogen-bond donors (Lipinski definition) is 2. The molecule has 1 unspecified atom stereocenters. The predicted molar refractivity (Wildman–Crippen MR) is 70.1 cm³/mol. The van der Waals surface area contributed by atoms with Crippen LogP contribution in [0.25, 0.3) is 0 Å². The van der Waals surface area contributed by atoms with E-state index in [2.05, 4.69) is 26.6 Å². The van der Waals surface area contributed by atoms with E-state index in [1.54, 1.807) is 18.4 Å². The van der Waals surface area contributed by atoms with E-state index >= 15 is 0 Å². The molecule has 1 fully saturated rings. The van der Waals surface area contributed by atoms with Gasteiger partial charge in [0.1, 0.15) is 6.04 Å². The summed E-state index contributed by atoms with van der Waals surface area (Å²) < 4.78 is 0.901. The first-order chi connectivity index (χ1) is 8.06. The van der Waals surface area contributed by atoms with Crippen molar-refractivity contribution in [3.8, 4) is 0 Å². The van der Waals surface area contributed by atoms with Crippen molar-refractivity contribution >= 4 is 39.1 Å². The Hall–Kier alpha value is -0.880. The van der Waals surface area contributed by atoms with Gasteiger partial charge < -0.3 is 10.6 Å². The van der Waals surface area contributed by atoms with Crippen LogP contribution in [0, 0.1) is 0 Å². The second kappa shape index (κ2) is 5.18. The molecule has 17 heavy (non-hydrogen) atoms. The lowest BCUT2D eigenvalue weighted by atomic mass is 10.2. The van der Waals surface area contributed by atoms with Crippen LogP contribution in [0.15, 0.2) is 15.2 Å². The molecule has 2 amide bonds. The van der Waals surface area contributed by atoms with E-state index in [1.165, 1.54) is 11.3 Å². The highest BCUT2D eigenvalue weighted by molar-refractivity contribution is 9.11. The Morgan fingerprint density at radius 1 is 1.53 bits per heavy atom. The third kappa shape index (κ3) is 3.54. The summed E-state index contributed by atoms with van der Waals surface area (Å²) in [5.41, 5.74) is 0.577. The van der Waals surface area contributed by atoms with Gasteiger partial charge in [0, 0.05) is 11.4 Å². The van der Waals surface area contributed by atoms with Crippen LogP contribution >= 0.6 is 27.3 Å². The van der Waals surface area contributed by atoms with Gasteiger partial charge in [0.15, 0.2) is 0 Å². The SMILES string of the molecule is CC(NC(=O)c1csc(Br)c1)C(=O)NC1CC1. The summed E-state index contributed by atoms with van der Waals surface area (Å²) in [6.45, 7) is 1.69. The maximum Gasteiger partial charge on any atom is 0.252 e. The van der Waals surface area contributed by atoms with E-state index in [4.69, 9.17) is 0 Å². The topological polar surface area (TPSA) is 58.2 Å². The van der Waals surface area contributed by atoms with E-state index in [-0.39, 0.29) is 11.8 Å². The zero-order valence-electron chi connectivity index (χ0n) is 9.33. The van der Waals surface area contributed by atoms with E-state index in [0.29, 0.717) is 11.6 Å². The smallest absolute Gasteiger partial charge is 0.252 e. The Labute approximate surface area is 112 Å². The molecule has 2 rings (SSSR count). The molecule has 0 aliphatic heterocycles. The molecule has 1 aliphatic rings. The lowest BCUT2D eigenvalue weighted by Gasteiger charge is -2.13. The van der Waals surface area contributed by atoms with Crippen LogP contribution in [0.3, 0.4) is 0 Å². The Morgan fingerprint density at radius 3 is 2.76 bits per heavy atom. The van der Waals surface area contributed by atoms with E-state index < -0.39 is 6.04 Å². The molecule has 0 radical (unpaired) electrons. The van der Waals surface area contributed by atoms with Gasteiger partial charge in [-0.2, -0.15) is 0 Å². The molecular weight excluding hydrogens is 304 g/mol. The molecular formula is C11H13BrN2O2S. The van der Waals surface area contributed by atoms with E-state index in [0.717, 1.165) is 16.6 Å². The molecule has 1 aromatic heterocycles. The fourth-order valence-electron chi connectivity index (χ4n) is 1.33. The fraction of sp³-hybridized carbons (Fsp3) is 0.455. The molecule has 1 aliphatic carbocycles. The van der Waals surface area contributed by atoms with E-state index in [1.807, 2.05) is 0 Å². The maximum absolute atomic E-state index is 11.8. The first-order valence-electron chi connectivity index (χ1n) is 5.41. The number of thiophene rings is 1. The first kappa shape index (κ1) is 12.6. The van der Waals surface area contributed by atoms with Crippen molar-refractivity contribution in [3.63, 3.8) is 0 Å². The van der Waals surface area contributed by atoms with Crippen molar-refractivity contribution in [1.82, 2.24) is 10.6 Å². The van der Waals surface area contributed by atoms with E-state index in [9.17, 15) is 9.59 Å². The number of nitrogens with one attached hydrogen (secondary N) is 2. The molecule has 4 nitrogen and oxygen atoms in total. The standard InChI is InChI=1S/C11H13BrN2O2S/c1-6(10(15)14-8-2-3-8)13-11(16)7-4-9(12)17-5-7/h4-6,8H,2-3H2,1H3,(H,13,16)(H,14,15). The molecule has 1 saturated carbocycles. The molecule has 6 heteroatoms. The highest BCUT2D eigenvalue weighted by atomic mass is 79.9. The van der Waals surface area contributed by atoms with Gasteiger partial charge >= 0.3 is 0 Å². The van der Waals surface area contributed by atoms with Crippen LogP contribution in [0.2, 0.25) is 0 Å².